The normalized spacial score (nSPS) is 11.8. The summed E-state index contributed by atoms with van der Waals surface area (Å²) in [5, 5.41) is 25.7. The smallest absolute Gasteiger partial charge is 0.306 e. The number of methoxy groups -OCH3 is 1. The molecule has 5 aromatic rings. The van der Waals surface area contributed by atoms with Gasteiger partial charge in [-0.25, -0.2) is 15.0 Å². The zero-order valence-electron chi connectivity index (χ0n) is 23.9. The van der Waals surface area contributed by atoms with E-state index in [2.05, 4.69) is 25.6 Å². The molecule has 0 saturated carbocycles. The van der Waals surface area contributed by atoms with Gasteiger partial charge in [-0.05, 0) is 49.2 Å². The summed E-state index contributed by atoms with van der Waals surface area (Å²) in [6.45, 7) is 4.35. The predicted molar refractivity (Wildman–Crippen MR) is 167 cm³/mol. The van der Waals surface area contributed by atoms with Gasteiger partial charge in [-0.15, -0.1) is 0 Å². The summed E-state index contributed by atoms with van der Waals surface area (Å²) in [6.07, 6.45) is 0.401. The zero-order valence-corrected chi connectivity index (χ0v) is 24.7. The molecule has 0 bridgehead atoms. The summed E-state index contributed by atoms with van der Waals surface area (Å²) in [4.78, 5) is 29.0. The summed E-state index contributed by atoms with van der Waals surface area (Å²) in [5.74, 6) is 0.628. The summed E-state index contributed by atoms with van der Waals surface area (Å²) >= 11 is 7.04. The van der Waals surface area contributed by atoms with E-state index in [9.17, 15) is 9.90 Å². The average Bonchev–Trinajstić information content (AvgIpc) is 2.98. The Morgan fingerprint density at radius 3 is 2.53 bits per heavy atom. The summed E-state index contributed by atoms with van der Waals surface area (Å²) in [6, 6.07) is 19.3. The third-order valence-electron chi connectivity index (χ3n) is 6.96. The molecule has 0 radical (unpaired) electrons. The molecule has 0 fully saturated rings. The van der Waals surface area contributed by atoms with Gasteiger partial charge >= 0.3 is 5.97 Å². The molecule has 220 valence electrons. The number of rotatable bonds is 11. The number of aliphatic hydroxyl groups is 1. The second kappa shape index (κ2) is 13.1. The quantitative estimate of drug-likeness (QED) is 0.149. The number of pyridine rings is 2. The van der Waals surface area contributed by atoms with Crippen LogP contribution in [-0.2, 0) is 11.3 Å². The number of aliphatic carboxylic acids is 1. The predicted octanol–water partition coefficient (Wildman–Crippen LogP) is 5.70. The van der Waals surface area contributed by atoms with Gasteiger partial charge in [-0.1, -0.05) is 48.0 Å². The number of carbonyl (C=O) groups is 1. The molecule has 3 heterocycles. The maximum absolute atomic E-state index is 10.8. The number of carboxylic acid groups (broad SMARTS) is 1. The first-order valence-corrected chi connectivity index (χ1v) is 14.0. The molecule has 5 rings (SSSR count). The minimum atomic E-state index is -1.05. The Morgan fingerprint density at radius 2 is 1.74 bits per heavy atom. The Morgan fingerprint density at radius 1 is 0.977 bits per heavy atom. The molecule has 11 heteroatoms. The fourth-order valence-corrected chi connectivity index (χ4v) is 5.20. The molecule has 1 atom stereocenters. The lowest BCUT2D eigenvalue weighted by Crippen LogP contribution is -2.28. The molecule has 0 aliphatic carbocycles. The van der Waals surface area contributed by atoms with E-state index in [0.717, 1.165) is 39.0 Å². The topological polar surface area (TPSA) is 142 Å². The van der Waals surface area contributed by atoms with E-state index in [1.165, 1.54) is 7.11 Å². The van der Waals surface area contributed by atoms with Gasteiger partial charge in [0.25, 0.3) is 0 Å². The molecule has 0 saturated heterocycles. The molecule has 3 aromatic heterocycles. The minimum absolute atomic E-state index is 0.127. The van der Waals surface area contributed by atoms with E-state index in [1.807, 2.05) is 74.5 Å². The average molecular weight is 599 g/mol. The molecule has 2 aromatic carbocycles. The van der Waals surface area contributed by atoms with Crippen LogP contribution >= 0.6 is 11.6 Å². The monoisotopic (exact) mass is 598 g/mol. The van der Waals surface area contributed by atoms with Crippen LogP contribution in [0.15, 0.2) is 66.9 Å². The van der Waals surface area contributed by atoms with Crippen molar-refractivity contribution < 1.29 is 19.7 Å². The highest BCUT2D eigenvalue weighted by molar-refractivity contribution is 6.36. The van der Waals surface area contributed by atoms with Crippen LogP contribution in [0.1, 0.15) is 23.4 Å². The van der Waals surface area contributed by atoms with Crippen LogP contribution in [0, 0.1) is 13.8 Å². The van der Waals surface area contributed by atoms with Crippen LogP contribution in [0.5, 0.6) is 5.88 Å². The molecule has 0 unspecified atom stereocenters. The fraction of sp³-hybridized carbons (Fsp3) is 0.219. The molecule has 4 N–H and O–H groups in total. The van der Waals surface area contributed by atoms with E-state index >= 15 is 0 Å². The lowest BCUT2D eigenvalue weighted by Gasteiger charge is -2.17. The second-order valence-corrected chi connectivity index (χ2v) is 10.4. The van der Waals surface area contributed by atoms with Crippen LogP contribution in [0.4, 0.5) is 11.5 Å². The number of aryl methyl sites for hydroxylation is 1. The molecule has 0 aliphatic rings. The highest BCUT2D eigenvalue weighted by Gasteiger charge is 2.17. The van der Waals surface area contributed by atoms with Crippen molar-refractivity contribution in [3.8, 4) is 28.3 Å². The molecule has 10 nitrogen and oxygen atoms in total. The number of anilines is 2. The standard InChI is InChI=1S/C32H31ClN6O4/c1-18-22(7-5-10-25(18)38-31-30-27(11-6-14-35-30)36-19(2)37-31)23-8-4-9-24(29(23)33)26-13-12-20(32(39-26)43-3)16-34-17-21(40)15-28(41)42/h4-14,21,34,40H,15-17H2,1-3H3,(H,41,42)(H,36,37,38)/t21-/m0/s1. The van der Waals surface area contributed by atoms with Crippen LogP contribution in [0.25, 0.3) is 33.4 Å². The van der Waals surface area contributed by atoms with Crippen molar-refractivity contribution in [3.63, 3.8) is 0 Å². The van der Waals surface area contributed by atoms with E-state index in [1.54, 1.807) is 6.20 Å². The van der Waals surface area contributed by atoms with Crippen molar-refractivity contribution in [2.24, 2.45) is 0 Å². The second-order valence-electron chi connectivity index (χ2n) is 10.0. The maximum atomic E-state index is 10.8. The highest BCUT2D eigenvalue weighted by atomic mass is 35.5. The van der Waals surface area contributed by atoms with E-state index in [4.69, 9.17) is 26.4 Å². The largest absolute Gasteiger partial charge is 0.481 e. The third-order valence-corrected chi connectivity index (χ3v) is 7.36. The van der Waals surface area contributed by atoms with Gasteiger partial charge < -0.3 is 25.6 Å². The van der Waals surface area contributed by atoms with Crippen molar-refractivity contribution in [2.75, 3.05) is 19.0 Å². The fourth-order valence-electron chi connectivity index (χ4n) is 4.88. The van der Waals surface area contributed by atoms with Crippen molar-refractivity contribution in [1.82, 2.24) is 25.3 Å². The minimum Gasteiger partial charge on any atom is -0.481 e. The van der Waals surface area contributed by atoms with Gasteiger partial charge in [-0.2, -0.15) is 0 Å². The van der Waals surface area contributed by atoms with Crippen molar-refractivity contribution in [2.45, 2.75) is 32.9 Å². The van der Waals surface area contributed by atoms with E-state index in [-0.39, 0.29) is 13.0 Å². The third kappa shape index (κ3) is 6.72. The highest BCUT2D eigenvalue weighted by Crippen LogP contribution is 2.39. The first kappa shape index (κ1) is 29.8. The first-order valence-electron chi connectivity index (χ1n) is 13.6. The molecule has 0 aliphatic heterocycles. The Balaban J connectivity index is 1.43. The van der Waals surface area contributed by atoms with Crippen molar-refractivity contribution in [3.05, 3.63) is 88.8 Å². The number of halogens is 1. The van der Waals surface area contributed by atoms with Gasteiger partial charge in [0.05, 0.1) is 35.9 Å². The number of aromatic nitrogens is 4. The van der Waals surface area contributed by atoms with Gasteiger partial charge in [-0.3, -0.25) is 9.78 Å². The number of hydrogen-bond acceptors (Lipinski definition) is 9. The number of ether oxygens (including phenoxy) is 1. The van der Waals surface area contributed by atoms with Crippen molar-refractivity contribution >= 4 is 40.1 Å². The van der Waals surface area contributed by atoms with E-state index < -0.39 is 12.1 Å². The van der Waals surface area contributed by atoms with Gasteiger partial charge in [0.15, 0.2) is 5.82 Å². The first-order chi connectivity index (χ1) is 20.7. The number of benzene rings is 2. The van der Waals surface area contributed by atoms with Crippen LogP contribution < -0.4 is 15.4 Å². The van der Waals surface area contributed by atoms with E-state index in [0.29, 0.717) is 40.3 Å². The maximum Gasteiger partial charge on any atom is 0.306 e. The molecular formula is C32H31ClN6O4. The zero-order chi connectivity index (χ0) is 30.5. The summed E-state index contributed by atoms with van der Waals surface area (Å²) < 4.78 is 5.54. The summed E-state index contributed by atoms with van der Waals surface area (Å²) in [7, 11) is 1.53. The molecular weight excluding hydrogens is 568 g/mol. The lowest BCUT2D eigenvalue weighted by atomic mass is 9.96. The molecule has 0 spiro atoms. The number of fused-ring (bicyclic) bond motifs is 1. The Hall–Kier alpha value is -4.64. The Bertz CT molecular complexity index is 1800. The lowest BCUT2D eigenvalue weighted by molar-refractivity contribution is -0.139. The van der Waals surface area contributed by atoms with Gasteiger partial charge in [0.2, 0.25) is 5.88 Å². The Kier molecular flexibility index (Phi) is 9.10. The van der Waals surface area contributed by atoms with Crippen molar-refractivity contribution in [1.29, 1.82) is 0 Å². The SMILES string of the molecule is COc1nc(-c2cccc(-c3cccc(Nc4nc(C)nc5cccnc45)c3C)c2Cl)ccc1CNC[C@@H](O)CC(=O)O. The van der Waals surface area contributed by atoms with Crippen LogP contribution in [0.3, 0.4) is 0 Å². The summed E-state index contributed by atoms with van der Waals surface area (Å²) in [5.41, 5.74) is 7.25. The molecule has 0 amide bonds. The van der Waals surface area contributed by atoms with Crippen LogP contribution in [-0.4, -0.2) is 55.9 Å². The van der Waals surface area contributed by atoms with Crippen LogP contribution in [0.2, 0.25) is 5.02 Å². The number of carboxylic acids is 1. The number of hydrogen-bond donors (Lipinski definition) is 4. The Labute approximate surface area is 253 Å². The number of nitrogens with one attached hydrogen (secondary N) is 2. The number of nitrogens with zero attached hydrogens (tertiary/aromatic N) is 4. The molecule has 43 heavy (non-hydrogen) atoms. The van der Waals surface area contributed by atoms with Gasteiger partial charge in [0.1, 0.15) is 11.3 Å². The number of aliphatic hydroxyl groups excluding tert-OH is 1. The van der Waals surface area contributed by atoms with Gasteiger partial charge in [0, 0.05) is 41.7 Å².